The number of nitrogens with one attached hydrogen (secondary N) is 2. The number of aromatic nitrogens is 4. The van der Waals surface area contributed by atoms with Gasteiger partial charge in [-0.2, -0.15) is 5.10 Å². The standard InChI is InChI=1S/C20H21ClN6O2/c1-29-19-18(22-8-9-23-19)24-13-6-10-27(11-7-13)20(28)17-12-16(25-26-17)14-4-2-3-5-15(14)21/h2-5,8-9,12-13H,6-7,10-11H2,1H3,(H,22,24)(H,25,26). The predicted octanol–water partition coefficient (Wildman–Crippen LogP) is 3.25. The zero-order valence-corrected chi connectivity index (χ0v) is 16.7. The number of nitrogens with zero attached hydrogens (tertiary/aromatic N) is 4. The van der Waals surface area contributed by atoms with Crippen LogP contribution in [0.2, 0.25) is 5.02 Å². The van der Waals surface area contributed by atoms with Crippen LogP contribution in [-0.2, 0) is 0 Å². The molecule has 0 saturated carbocycles. The third-order valence-electron chi connectivity index (χ3n) is 4.94. The first kappa shape index (κ1) is 19.2. The average molecular weight is 413 g/mol. The molecule has 3 aromatic rings. The van der Waals surface area contributed by atoms with Gasteiger partial charge < -0.3 is 15.0 Å². The Bertz CT molecular complexity index is 1000. The molecule has 0 unspecified atom stereocenters. The molecule has 4 rings (SSSR count). The van der Waals surface area contributed by atoms with Crippen molar-refractivity contribution >= 4 is 23.3 Å². The minimum atomic E-state index is -0.0636. The minimum Gasteiger partial charge on any atom is -0.478 e. The summed E-state index contributed by atoms with van der Waals surface area (Å²) in [6.45, 7) is 1.28. The van der Waals surface area contributed by atoms with Gasteiger partial charge in [0.15, 0.2) is 5.82 Å². The molecule has 2 aromatic heterocycles. The second-order valence-corrected chi connectivity index (χ2v) is 7.18. The molecular weight excluding hydrogens is 392 g/mol. The SMILES string of the molecule is COc1nccnc1NC1CCN(C(=O)c2cc(-c3ccccc3Cl)n[nH]2)CC1. The Morgan fingerprint density at radius 1 is 1.24 bits per heavy atom. The van der Waals surface area contributed by atoms with Crippen molar-refractivity contribution < 1.29 is 9.53 Å². The molecule has 0 aliphatic carbocycles. The van der Waals surface area contributed by atoms with Crippen molar-refractivity contribution in [3.8, 4) is 17.1 Å². The number of hydrogen-bond donors (Lipinski definition) is 2. The molecule has 29 heavy (non-hydrogen) atoms. The Hall–Kier alpha value is -3.13. The molecule has 1 aliphatic rings. The first-order valence-corrected chi connectivity index (χ1v) is 9.74. The second kappa shape index (κ2) is 8.48. The number of halogens is 1. The van der Waals surface area contributed by atoms with E-state index < -0.39 is 0 Å². The van der Waals surface area contributed by atoms with Crippen molar-refractivity contribution in [2.24, 2.45) is 0 Å². The topological polar surface area (TPSA) is 96.0 Å². The average Bonchev–Trinajstić information content (AvgIpc) is 3.24. The van der Waals surface area contributed by atoms with Crippen LogP contribution in [0.1, 0.15) is 23.3 Å². The summed E-state index contributed by atoms with van der Waals surface area (Å²) in [5.41, 5.74) is 1.91. The number of anilines is 1. The summed E-state index contributed by atoms with van der Waals surface area (Å²) in [6, 6.07) is 9.38. The Morgan fingerprint density at radius 3 is 2.76 bits per heavy atom. The van der Waals surface area contributed by atoms with Gasteiger partial charge in [0.1, 0.15) is 5.69 Å². The number of carbonyl (C=O) groups is 1. The first-order valence-electron chi connectivity index (χ1n) is 9.37. The molecule has 1 saturated heterocycles. The molecule has 3 heterocycles. The quantitative estimate of drug-likeness (QED) is 0.667. The number of H-pyrrole nitrogens is 1. The van der Waals surface area contributed by atoms with Gasteiger partial charge in [-0.3, -0.25) is 9.89 Å². The lowest BCUT2D eigenvalue weighted by Crippen LogP contribution is -2.42. The molecule has 1 fully saturated rings. The molecule has 8 nitrogen and oxygen atoms in total. The fraction of sp³-hybridized carbons (Fsp3) is 0.300. The van der Waals surface area contributed by atoms with E-state index in [1.165, 1.54) is 0 Å². The molecule has 150 valence electrons. The molecule has 0 bridgehead atoms. The zero-order chi connectivity index (χ0) is 20.2. The molecule has 9 heteroatoms. The maximum Gasteiger partial charge on any atom is 0.271 e. The van der Waals surface area contributed by atoms with Gasteiger partial charge in [0, 0.05) is 37.1 Å². The highest BCUT2D eigenvalue weighted by Gasteiger charge is 2.26. The highest BCUT2D eigenvalue weighted by molar-refractivity contribution is 6.33. The van der Waals surface area contributed by atoms with Crippen molar-refractivity contribution in [2.75, 3.05) is 25.5 Å². The van der Waals surface area contributed by atoms with Crippen molar-refractivity contribution in [1.82, 2.24) is 25.1 Å². The van der Waals surface area contributed by atoms with Crippen LogP contribution in [0.5, 0.6) is 5.88 Å². The van der Waals surface area contributed by atoms with Gasteiger partial charge in [-0.25, -0.2) is 9.97 Å². The first-order chi connectivity index (χ1) is 14.2. The van der Waals surface area contributed by atoms with Gasteiger partial charge >= 0.3 is 0 Å². The second-order valence-electron chi connectivity index (χ2n) is 6.77. The highest BCUT2D eigenvalue weighted by atomic mass is 35.5. The number of methoxy groups -OCH3 is 1. The van der Waals surface area contributed by atoms with Crippen LogP contribution in [-0.4, -0.2) is 57.2 Å². The van der Waals surface area contributed by atoms with Crippen LogP contribution in [0.15, 0.2) is 42.7 Å². The summed E-state index contributed by atoms with van der Waals surface area (Å²) in [5.74, 6) is 1.03. The molecular formula is C20H21ClN6O2. The van der Waals surface area contributed by atoms with Gasteiger partial charge in [0.05, 0.1) is 17.8 Å². The summed E-state index contributed by atoms with van der Waals surface area (Å²) < 4.78 is 5.23. The van der Waals surface area contributed by atoms with E-state index in [-0.39, 0.29) is 11.9 Å². The molecule has 1 amide bonds. The summed E-state index contributed by atoms with van der Waals surface area (Å²) in [6.07, 6.45) is 4.82. The minimum absolute atomic E-state index is 0.0636. The van der Waals surface area contributed by atoms with Crippen molar-refractivity contribution in [3.05, 3.63) is 53.4 Å². The van der Waals surface area contributed by atoms with Crippen LogP contribution in [0.4, 0.5) is 5.82 Å². The van der Waals surface area contributed by atoms with E-state index in [2.05, 4.69) is 25.5 Å². The fourth-order valence-corrected chi connectivity index (χ4v) is 3.63. The van der Waals surface area contributed by atoms with Crippen molar-refractivity contribution in [3.63, 3.8) is 0 Å². The third kappa shape index (κ3) is 4.17. The van der Waals surface area contributed by atoms with E-state index in [9.17, 15) is 4.79 Å². The molecule has 1 aliphatic heterocycles. The number of rotatable bonds is 5. The number of ether oxygens (including phenoxy) is 1. The smallest absolute Gasteiger partial charge is 0.271 e. The maximum absolute atomic E-state index is 12.9. The molecule has 1 aromatic carbocycles. The van der Waals surface area contributed by atoms with E-state index in [4.69, 9.17) is 16.3 Å². The maximum atomic E-state index is 12.9. The number of likely N-dealkylation sites (tertiary alicyclic amines) is 1. The van der Waals surface area contributed by atoms with Gasteiger partial charge in [-0.05, 0) is 25.0 Å². The molecule has 0 spiro atoms. The summed E-state index contributed by atoms with van der Waals surface area (Å²) in [5, 5.41) is 11.1. The van der Waals surface area contributed by atoms with E-state index >= 15 is 0 Å². The van der Waals surface area contributed by atoms with Crippen molar-refractivity contribution in [1.29, 1.82) is 0 Å². The summed E-state index contributed by atoms with van der Waals surface area (Å²) in [7, 11) is 1.57. The van der Waals surface area contributed by atoms with Gasteiger partial charge in [0.2, 0.25) is 0 Å². The van der Waals surface area contributed by atoms with Crippen LogP contribution in [0.25, 0.3) is 11.3 Å². The fourth-order valence-electron chi connectivity index (χ4n) is 3.40. The van der Waals surface area contributed by atoms with Gasteiger partial charge in [0.25, 0.3) is 11.8 Å². The third-order valence-corrected chi connectivity index (χ3v) is 5.27. The predicted molar refractivity (Wildman–Crippen MR) is 110 cm³/mol. The van der Waals surface area contributed by atoms with E-state index in [0.717, 1.165) is 18.4 Å². The highest BCUT2D eigenvalue weighted by Crippen LogP contribution is 2.27. The monoisotopic (exact) mass is 412 g/mol. The Kier molecular flexibility index (Phi) is 5.62. The summed E-state index contributed by atoms with van der Waals surface area (Å²) >= 11 is 6.23. The lowest BCUT2D eigenvalue weighted by atomic mass is 10.0. The van der Waals surface area contributed by atoms with E-state index in [0.29, 0.717) is 41.2 Å². The Labute approximate surface area is 173 Å². The summed E-state index contributed by atoms with van der Waals surface area (Å²) in [4.78, 5) is 23.1. The van der Waals surface area contributed by atoms with Gasteiger partial charge in [-0.15, -0.1) is 0 Å². The van der Waals surface area contributed by atoms with Crippen LogP contribution in [0, 0.1) is 0 Å². The number of benzene rings is 1. The number of amides is 1. The normalized spacial score (nSPS) is 14.6. The number of hydrogen-bond acceptors (Lipinski definition) is 6. The molecule has 0 radical (unpaired) electrons. The van der Waals surface area contributed by atoms with Crippen LogP contribution < -0.4 is 10.1 Å². The Morgan fingerprint density at radius 2 is 2.00 bits per heavy atom. The number of carbonyl (C=O) groups excluding carboxylic acids is 1. The van der Waals surface area contributed by atoms with Gasteiger partial charge in [-0.1, -0.05) is 29.8 Å². The van der Waals surface area contributed by atoms with Crippen LogP contribution >= 0.6 is 11.6 Å². The van der Waals surface area contributed by atoms with E-state index in [1.807, 2.05) is 23.1 Å². The molecule has 0 atom stereocenters. The van der Waals surface area contributed by atoms with Crippen LogP contribution in [0.3, 0.4) is 0 Å². The Balaban J connectivity index is 1.38. The molecule has 2 N–H and O–H groups in total. The largest absolute Gasteiger partial charge is 0.478 e. The number of piperidine rings is 1. The van der Waals surface area contributed by atoms with Crippen molar-refractivity contribution in [2.45, 2.75) is 18.9 Å². The van der Waals surface area contributed by atoms with E-state index in [1.54, 1.807) is 31.6 Å². The zero-order valence-electron chi connectivity index (χ0n) is 15.9. The number of aromatic amines is 1. The lowest BCUT2D eigenvalue weighted by molar-refractivity contribution is 0.0712. The lowest BCUT2D eigenvalue weighted by Gasteiger charge is -2.32.